The number of rotatable bonds is 14. The second-order valence-electron chi connectivity index (χ2n) is 10.8. The Kier molecular flexibility index (Phi) is 10.6. The lowest BCUT2D eigenvalue weighted by Crippen LogP contribution is -2.33. The van der Waals surface area contributed by atoms with Crippen molar-refractivity contribution in [2.24, 2.45) is 11.7 Å². The van der Waals surface area contributed by atoms with Crippen LogP contribution in [0.2, 0.25) is 0 Å². The van der Waals surface area contributed by atoms with Gasteiger partial charge in [0.2, 0.25) is 11.7 Å². The number of aliphatic hydroxyl groups excluding tert-OH is 2. The summed E-state index contributed by atoms with van der Waals surface area (Å²) in [6, 6.07) is 10.3. The van der Waals surface area contributed by atoms with Crippen molar-refractivity contribution in [2.75, 3.05) is 13.2 Å². The van der Waals surface area contributed by atoms with Crippen LogP contribution < -0.4 is 15.8 Å². The van der Waals surface area contributed by atoms with E-state index in [0.29, 0.717) is 35.7 Å². The van der Waals surface area contributed by atoms with Gasteiger partial charge in [-0.3, -0.25) is 4.79 Å². The minimum Gasteiger partial charge on any atom is -0.490 e. The molecule has 3 rings (SSSR count). The molecule has 5 N–H and O–H groups in total. The number of carbonyl (C=O) groups excluding carboxylic acids is 1. The number of nitrogens with zero attached hydrogens (tertiary/aromatic N) is 2. The summed E-state index contributed by atoms with van der Waals surface area (Å²) in [5.74, 6) is 1.64. The lowest BCUT2D eigenvalue weighted by atomic mass is 9.97. The van der Waals surface area contributed by atoms with Crippen molar-refractivity contribution >= 4 is 5.91 Å². The summed E-state index contributed by atoms with van der Waals surface area (Å²) in [7, 11) is 0. The zero-order chi connectivity index (χ0) is 28.7. The van der Waals surface area contributed by atoms with Crippen LogP contribution >= 0.6 is 0 Å². The number of hydrogen-bond acceptors (Lipinski definition) is 8. The number of nitrogens with two attached hydrogens (primary N) is 1. The molecule has 9 heteroatoms. The van der Waals surface area contributed by atoms with E-state index in [2.05, 4.69) is 56.4 Å². The molecule has 0 aliphatic carbocycles. The van der Waals surface area contributed by atoms with Gasteiger partial charge in [0.05, 0.1) is 6.10 Å². The second kappa shape index (κ2) is 13.7. The van der Waals surface area contributed by atoms with Gasteiger partial charge in [-0.15, -0.1) is 0 Å². The summed E-state index contributed by atoms with van der Waals surface area (Å²) >= 11 is 0. The Morgan fingerprint density at radius 1 is 1.10 bits per heavy atom. The predicted octanol–water partition coefficient (Wildman–Crippen LogP) is 4.12. The van der Waals surface area contributed by atoms with Crippen LogP contribution in [0.3, 0.4) is 0 Å². The van der Waals surface area contributed by atoms with E-state index in [1.807, 2.05) is 26.0 Å². The number of hydrogen-bond donors (Lipinski definition) is 4. The van der Waals surface area contributed by atoms with Crippen molar-refractivity contribution in [3.8, 4) is 28.6 Å². The molecule has 0 fully saturated rings. The monoisotopic (exact) mass is 538 g/mol. The third kappa shape index (κ3) is 8.36. The molecule has 2 atom stereocenters. The van der Waals surface area contributed by atoms with Crippen LogP contribution in [0.4, 0.5) is 0 Å². The summed E-state index contributed by atoms with van der Waals surface area (Å²) in [4.78, 5) is 15.8. The minimum absolute atomic E-state index is 0.0789. The summed E-state index contributed by atoms with van der Waals surface area (Å²) in [5, 5.41) is 27.5. The first kappa shape index (κ1) is 30.3. The molecule has 3 aromatic rings. The Labute approximate surface area is 230 Å². The van der Waals surface area contributed by atoms with Crippen molar-refractivity contribution in [3.05, 3.63) is 52.6 Å². The van der Waals surface area contributed by atoms with Crippen LogP contribution in [0.1, 0.15) is 69.2 Å². The quantitative estimate of drug-likeness (QED) is 0.240. The summed E-state index contributed by atoms with van der Waals surface area (Å²) in [6.07, 6.45) is -1.97. The first-order valence-electron chi connectivity index (χ1n) is 13.6. The number of nitrogens with one attached hydrogen (secondary N) is 1. The number of benzene rings is 2. The molecular weight excluding hydrogens is 496 g/mol. The number of carbonyl (C=O) groups is 1. The van der Waals surface area contributed by atoms with Gasteiger partial charge in [0.1, 0.15) is 18.5 Å². The highest BCUT2D eigenvalue weighted by atomic mass is 16.5. The van der Waals surface area contributed by atoms with Crippen molar-refractivity contribution in [1.82, 2.24) is 15.5 Å². The zero-order valence-electron chi connectivity index (χ0n) is 23.8. The van der Waals surface area contributed by atoms with Crippen molar-refractivity contribution in [1.29, 1.82) is 0 Å². The van der Waals surface area contributed by atoms with Crippen LogP contribution in [0, 0.1) is 12.8 Å². The van der Waals surface area contributed by atoms with Crippen LogP contribution in [0.25, 0.3) is 22.8 Å². The van der Waals surface area contributed by atoms with E-state index in [0.717, 1.165) is 35.3 Å². The maximum Gasteiger partial charge on any atom is 0.258 e. The van der Waals surface area contributed by atoms with Gasteiger partial charge < -0.3 is 30.5 Å². The molecule has 0 spiro atoms. The molecule has 0 saturated heterocycles. The molecule has 0 aliphatic heterocycles. The molecule has 0 bridgehead atoms. The Bertz CT molecular complexity index is 1250. The van der Waals surface area contributed by atoms with E-state index in [1.54, 1.807) is 0 Å². The number of aryl methyl sites for hydroxylation is 2. The fourth-order valence-electron chi connectivity index (χ4n) is 4.31. The van der Waals surface area contributed by atoms with Gasteiger partial charge >= 0.3 is 0 Å². The van der Waals surface area contributed by atoms with E-state index >= 15 is 0 Å². The Balaban J connectivity index is 1.83. The molecule has 1 unspecified atom stereocenters. The summed E-state index contributed by atoms with van der Waals surface area (Å²) in [5.41, 5.74) is 10.9. The average Bonchev–Trinajstić information content (AvgIpc) is 3.37. The van der Waals surface area contributed by atoms with E-state index < -0.39 is 18.1 Å². The third-order valence-electron chi connectivity index (χ3n) is 6.47. The fourth-order valence-corrected chi connectivity index (χ4v) is 4.31. The maximum atomic E-state index is 11.1. The number of amides is 1. The normalized spacial score (nSPS) is 13.2. The highest BCUT2D eigenvalue weighted by Crippen LogP contribution is 2.32. The molecule has 0 saturated carbocycles. The number of ether oxygens (including phenoxy) is 1. The Morgan fingerprint density at radius 2 is 1.85 bits per heavy atom. The third-order valence-corrected chi connectivity index (χ3v) is 6.47. The number of primary amides is 1. The van der Waals surface area contributed by atoms with Crippen LogP contribution in [0.15, 0.2) is 34.9 Å². The minimum atomic E-state index is -1.42. The Hall–Kier alpha value is -3.27. The van der Waals surface area contributed by atoms with Gasteiger partial charge in [0.15, 0.2) is 0 Å². The molecule has 1 aromatic heterocycles. The smallest absolute Gasteiger partial charge is 0.258 e. The van der Waals surface area contributed by atoms with Gasteiger partial charge in [-0.05, 0) is 78.2 Å². The maximum absolute atomic E-state index is 11.1. The largest absolute Gasteiger partial charge is 0.490 e. The van der Waals surface area contributed by atoms with E-state index in [-0.39, 0.29) is 13.0 Å². The van der Waals surface area contributed by atoms with Crippen LogP contribution in [0.5, 0.6) is 5.75 Å². The standard InChI is InChI=1S/C30H42N4O5/c1-7-21-11-23(8-19(6)27(21)38-16-25(35)13-26(36)28(31)37)29-33-30(39-34-29)24-10-20(15-32-14-17(2)3)9-22(12-24)18(4)5/h8-12,17-18,25-26,32,35-36H,7,13-16H2,1-6H3,(H2,31,37)/t25-,26?/m0/s1. The lowest BCUT2D eigenvalue weighted by molar-refractivity contribution is -0.127. The molecule has 212 valence electrons. The van der Waals surface area contributed by atoms with Gasteiger partial charge in [0, 0.05) is 24.1 Å². The molecular formula is C30H42N4O5. The number of aromatic nitrogens is 2. The van der Waals surface area contributed by atoms with Crippen LogP contribution in [-0.4, -0.2) is 51.6 Å². The van der Waals surface area contributed by atoms with Crippen molar-refractivity contribution in [2.45, 2.75) is 79.1 Å². The molecule has 2 aromatic carbocycles. The molecule has 1 heterocycles. The van der Waals surface area contributed by atoms with E-state index in [9.17, 15) is 15.0 Å². The Morgan fingerprint density at radius 3 is 2.49 bits per heavy atom. The van der Waals surface area contributed by atoms with Crippen molar-refractivity contribution < 1.29 is 24.3 Å². The molecule has 0 radical (unpaired) electrons. The highest BCUT2D eigenvalue weighted by molar-refractivity contribution is 5.78. The molecule has 1 amide bonds. The topological polar surface area (TPSA) is 144 Å². The lowest BCUT2D eigenvalue weighted by Gasteiger charge is -2.18. The molecule has 9 nitrogen and oxygen atoms in total. The average molecular weight is 539 g/mol. The second-order valence-corrected chi connectivity index (χ2v) is 10.8. The summed E-state index contributed by atoms with van der Waals surface area (Å²) < 4.78 is 11.6. The fraction of sp³-hybridized carbons (Fsp3) is 0.500. The van der Waals surface area contributed by atoms with Gasteiger partial charge in [-0.25, -0.2) is 0 Å². The van der Waals surface area contributed by atoms with Gasteiger partial charge in [-0.1, -0.05) is 45.8 Å². The van der Waals surface area contributed by atoms with Crippen LogP contribution in [-0.2, 0) is 17.8 Å². The van der Waals surface area contributed by atoms with Gasteiger partial charge in [0.25, 0.3) is 5.89 Å². The first-order chi connectivity index (χ1) is 18.5. The SMILES string of the molecule is CCc1cc(-c2noc(-c3cc(CNCC(C)C)cc(C(C)C)c3)n2)cc(C)c1OC[C@@H](O)CC(O)C(N)=O. The van der Waals surface area contributed by atoms with E-state index in [1.165, 1.54) is 11.1 Å². The zero-order valence-corrected chi connectivity index (χ0v) is 23.8. The highest BCUT2D eigenvalue weighted by Gasteiger charge is 2.20. The van der Waals surface area contributed by atoms with Gasteiger partial charge in [-0.2, -0.15) is 4.98 Å². The first-order valence-corrected chi connectivity index (χ1v) is 13.6. The summed E-state index contributed by atoms with van der Waals surface area (Å²) in [6.45, 7) is 14.3. The molecule has 39 heavy (non-hydrogen) atoms. The van der Waals surface area contributed by atoms with E-state index in [4.69, 9.17) is 20.0 Å². The predicted molar refractivity (Wildman–Crippen MR) is 151 cm³/mol. The number of aliphatic hydroxyl groups is 2. The van der Waals surface area contributed by atoms with Crippen molar-refractivity contribution in [3.63, 3.8) is 0 Å². The molecule has 0 aliphatic rings.